The first kappa shape index (κ1) is 15.9. The zero-order chi connectivity index (χ0) is 15.5. The van der Waals surface area contributed by atoms with Gasteiger partial charge in [-0.1, -0.05) is 12.1 Å². The van der Waals surface area contributed by atoms with Crippen LogP contribution in [0.5, 0.6) is 0 Å². The lowest BCUT2D eigenvalue weighted by molar-refractivity contribution is -0.133. The third-order valence-electron chi connectivity index (χ3n) is 3.82. The molecule has 1 aromatic rings. The van der Waals surface area contributed by atoms with E-state index in [2.05, 4.69) is 43.3 Å². The van der Waals surface area contributed by atoms with Crippen molar-refractivity contribution in [2.45, 2.75) is 59.2 Å². The largest absolute Gasteiger partial charge is 0.341 e. The molecule has 2 heterocycles. The lowest BCUT2D eigenvalue weighted by Gasteiger charge is -2.30. The Morgan fingerprint density at radius 1 is 1.38 bits per heavy atom. The quantitative estimate of drug-likeness (QED) is 0.912. The number of hydrogen-bond donors (Lipinski definition) is 1. The van der Waals surface area contributed by atoms with Crippen molar-refractivity contribution >= 4 is 5.91 Å². The van der Waals surface area contributed by atoms with Gasteiger partial charge in [0, 0.05) is 25.2 Å². The van der Waals surface area contributed by atoms with Crippen LogP contribution in [-0.4, -0.2) is 44.4 Å². The van der Waals surface area contributed by atoms with E-state index in [-0.39, 0.29) is 18.0 Å². The minimum absolute atomic E-state index is 0.0457. The third-order valence-corrected chi connectivity index (χ3v) is 3.82. The predicted molar refractivity (Wildman–Crippen MR) is 81.6 cm³/mol. The molecular formula is C15H27N5O. The van der Waals surface area contributed by atoms with Crippen molar-refractivity contribution in [1.82, 2.24) is 25.2 Å². The van der Waals surface area contributed by atoms with Crippen molar-refractivity contribution in [2.24, 2.45) is 5.92 Å². The summed E-state index contributed by atoms with van der Waals surface area (Å²) >= 11 is 0. The summed E-state index contributed by atoms with van der Waals surface area (Å²) in [6.45, 7) is 11.3. The highest BCUT2D eigenvalue weighted by atomic mass is 16.2. The molecule has 0 spiro atoms. The van der Waals surface area contributed by atoms with Gasteiger partial charge in [-0.2, -0.15) is 0 Å². The van der Waals surface area contributed by atoms with Crippen LogP contribution in [0.3, 0.4) is 0 Å². The summed E-state index contributed by atoms with van der Waals surface area (Å²) in [6, 6.07) is 0. The number of rotatable bonds is 4. The molecule has 1 fully saturated rings. The zero-order valence-electron chi connectivity index (χ0n) is 13.6. The number of nitrogens with one attached hydrogen (secondary N) is 1. The Kier molecular flexibility index (Phi) is 4.98. The number of nitrogens with zero attached hydrogens (tertiary/aromatic N) is 4. The van der Waals surface area contributed by atoms with Crippen LogP contribution in [0, 0.1) is 5.92 Å². The number of amides is 1. The Morgan fingerprint density at radius 3 is 2.67 bits per heavy atom. The van der Waals surface area contributed by atoms with Crippen molar-refractivity contribution in [3.63, 3.8) is 0 Å². The van der Waals surface area contributed by atoms with Crippen LogP contribution < -0.4 is 5.32 Å². The molecule has 1 saturated heterocycles. The maximum atomic E-state index is 12.2. The van der Waals surface area contributed by atoms with E-state index in [1.807, 2.05) is 11.1 Å². The first-order valence-electron chi connectivity index (χ1n) is 7.75. The molecule has 1 aromatic heterocycles. The second-order valence-corrected chi connectivity index (χ2v) is 7.07. The molecule has 1 aliphatic rings. The van der Waals surface area contributed by atoms with E-state index in [0.717, 1.165) is 37.5 Å². The van der Waals surface area contributed by atoms with E-state index in [9.17, 15) is 4.79 Å². The summed E-state index contributed by atoms with van der Waals surface area (Å²) < 4.78 is 1.64. The Bertz CT molecular complexity index is 469. The molecule has 0 bridgehead atoms. The molecule has 2 rings (SSSR count). The molecule has 21 heavy (non-hydrogen) atoms. The van der Waals surface area contributed by atoms with Gasteiger partial charge in [-0.25, -0.2) is 4.68 Å². The van der Waals surface area contributed by atoms with Gasteiger partial charge in [0.15, 0.2) is 0 Å². The molecule has 0 unspecified atom stereocenters. The van der Waals surface area contributed by atoms with E-state index in [0.29, 0.717) is 6.54 Å². The summed E-state index contributed by atoms with van der Waals surface area (Å²) in [5.41, 5.74) is 0.911. The number of hydrogen-bond acceptors (Lipinski definition) is 4. The van der Waals surface area contributed by atoms with Crippen molar-refractivity contribution < 1.29 is 4.79 Å². The maximum absolute atomic E-state index is 12.2. The molecule has 118 valence electrons. The normalized spacial score (nSPS) is 17.2. The van der Waals surface area contributed by atoms with Gasteiger partial charge < -0.3 is 10.2 Å². The van der Waals surface area contributed by atoms with E-state index in [1.165, 1.54) is 0 Å². The summed E-state index contributed by atoms with van der Waals surface area (Å²) in [5, 5.41) is 11.5. The van der Waals surface area contributed by atoms with Gasteiger partial charge in [0.05, 0.1) is 11.9 Å². The number of carbonyl (C=O) groups is 1. The van der Waals surface area contributed by atoms with Crippen molar-refractivity contribution in [3.05, 3.63) is 11.9 Å². The Labute approximate surface area is 126 Å². The molecule has 0 atom stereocenters. The van der Waals surface area contributed by atoms with Crippen LogP contribution in [-0.2, 0) is 17.9 Å². The van der Waals surface area contributed by atoms with Crippen molar-refractivity contribution in [2.75, 3.05) is 13.1 Å². The summed E-state index contributed by atoms with van der Waals surface area (Å²) in [7, 11) is 0. The molecular weight excluding hydrogens is 266 g/mol. The Hall–Kier alpha value is -1.43. The molecule has 6 nitrogen and oxygen atoms in total. The minimum atomic E-state index is 0.0457. The van der Waals surface area contributed by atoms with Crippen LogP contribution in [0.1, 0.15) is 46.2 Å². The lowest BCUT2D eigenvalue weighted by atomic mass is 9.99. The van der Waals surface area contributed by atoms with E-state index in [4.69, 9.17) is 0 Å². The average molecular weight is 293 g/mol. The predicted octanol–water partition coefficient (Wildman–Crippen LogP) is 1.42. The molecule has 0 aromatic carbocycles. The van der Waals surface area contributed by atoms with Crippen molar-refractivity contribution in [1.29, 1.82) is 0 Å². The second kappa shape index (κ2) is 6.56. The van der Waals surface area contributed by atoms with Crippen LogP contribution in [0.4, 0.5) is 0 Å². The first-order chi connectivity index (χ1) is 9.83. The van der Waals surface area contributed by atoms with Gasteiger partial charge in [0.25, 0.3) is 0 Å². The van der Waals surface area contributed by atoms with Crippen LogP contribution in [0.2, 0.25) is 0 Å². The molecule has 0 saturated carbocycles. The number of aromatic nitrogens is 3. The van der Waals surface area contributed by atoms with Gasteiger partial charge in [-0.15, -0.1) is 5.10 Å². The fraction of sp³-hybridized carbons (Fsp3) is 0.800. The van der Waals surface area contributed by atoms with Crippen LogP contribution >= 0.6 is 0 Å². The fourth-order valence-electron chi connectivity index (χ4n) is 2.35. The van der Waals surface area contributed by atoms with Gasteiger partial charge >= 0.3 is 0 Å². The Balaban J connectivity index is 1.83. The van der Waals surface area contributed by atoms with Crippen LogP contribution in [0.15, 0.2) is 6.20 Å². The zero-order valence-corrected chi connectivity index (χ0v) is 13.6. The van der Waals surface area contributed by atoms with Gasteiger partial charge in [-0.3, -0.25) is 4.79 Å². The first-order valence-corrected chi connectivity index (χ1v) is 7.75. The van der Waals surface area contributed by atoms with Crippen molar-refractivity contribution in [3.8, 4) is 0 Å². The highest BCUT2D eigenvalue weighted by Gasteiger charge is 2.20. The molecule has 1 aliphatic heterocycles. The summed E-state index contributed by atoms with van der Waals surface area (Å²) in [5.74, 6) is 0.873. The molecule has 0 radical (unpaired) electrons. The fourth-order valence-corrected chi connectivity index (χ4v) is 2.35. The second-order valence-electron chi connectivity index (χ2n) is 7.07. The standard InChI is InChI=1S/C15H27N5O/c1-12-5-7-19(8-6-12)14(21)11-20-10-13(17-18-20)9-16-15(2,3)4/h10,12,16H,5-9,11H2,1-4H3. The summed E-state index contributed by atoms with van der Waals surface area (Å²) in [4.78, 5) is 14.2. The molecule has 6 heteroatoms. The molecule has 1 amide bonds. The molecule has 0 aliphatic carbocycles. The van der Waals surface area contributed by atoms with Crippen LogP contribution in [0.25, 0.3) is 0 Å². The minimum Gasteiger partial charge on any atom is -0.341 e. The summed E-state index contributed by atoms with van der Waals surface area (Å²) in [6.07, 6.45) is 4.05. The highest BCUT2D eigenvalue weighted by Crippen LogP contribution is 2.16. The molecule has 1 N–H and O–H groups in total. The SMILES string of the molecule is CC1CCN(C(=O)Cn2cc(CNC(C)(C)C)nn2)CC1. The van der Waals surface area contributed by atoms with E-state index >= 15 is 0 Å². The van der Waals surface area contributed by atoms with Gasteiger partial charge in [-0.05, 0) is 39.5 Å². The van der Waals surface area contributed by atoms with Gasteiger partial charge in [0.1, 0.15) is 6.54 Å². The average Bonchev–Trinajstić information content (AvgIpc) is 2.84. The number of carbonyl (C=O) groups excluding carboxylic acids is 1. The lowest BCUT2D eigenvalue weighted by Crippen LogP contribution is -2.39. The Morgan fingerprint density at radius 2 is 2.05 bits per heavy atom. The maximum Gasteiger partial charge on any atom is 0.244 e. The van der Waals surface area contributed by atoms with E-state index in [1.54, 1.807) is 4.68 Å². The number of piperidine rings is 1. The topological polar surface area (TPSA) is 63.1 Å². The monoisotopic (exact) mass is 293 g/mol. The third kappa shape index (κ3) is 5.12. The van der Waals surface area contributed by atoms with Gasteiger partial charge in [0.2, 0.25) is 5.91 Å². The highest BCUT2D eigenvalue weighted by molar-refractivity contribution is 5.75. The smallest absolute Gasteiger partial charge is 0.244 e. The van der Waals surface area contributed by atoms with E-state index < -0.39 is 0 Å². The number of likely N-dealkylation sites (tertiary alicyclic amines) is 1.